The number of aryl methyl sites for hydroxylation is 1. The third-order valence-corrected chi connectivity index (χ3v) is 10.2. The molecule has 2 atom stereocenters. The van der Waals surface area contributed by atoms with Gasteiger partial charge in [-0.15, -0.1) is 4.72 Å². The molecule has 2 aromatic carbocycles. The van der Waals surface area contributed by atoms with Crippen molar-refractivity contribution in [1.82, 2.24) is 24.8 Å². The lowest BCUT2D eigenvalue weighted by molar-refractivity contribution is 0.0523. The average molecular weight is 728 g/mol. The summed E-state index contributed by atoms with van der Waals surface area (Å²) in [5, 5.41) is 19.7. The van der Waals surface area contributed by atoms with E-state index < -0.39 is 45.1 Å². The minimum Gasteiger partial charge on any atom is -0.598 e. The van der Waals surface area contributed by atoms with Gasteiger partial charge in [0.25, 0.3) is 5.91 Å². The second kappa shape index (κ2) is 15.5. The summed E-state index contributed by atoms with van der Waals surface area (Å²) in [5.74, 6) is -0.770. The number of carbonyl (C=O) groups is 2. The van der Waals surface area contributed by atoms with Crippen LogP contribution in [0.1, 0.15) is 106 Å². The van der Waals surface area contributed by atoms with Gasteiger partial charge in [0, 0.05) is 17.9 Å². The lowest BCUT2D eigenvalue weighted by Gasteiger charge is -2.38. The van der Waals surface area contributed by atoms with Gasteiger partial charge in [-0.3, -0.25) is 4.79 Å². The highest BCUT2D eigenvalue weighted by Gasteiger charge is 2.44. The Morgan fingerprint density at radius 2 is 1.79 bits per heavy atom. The van der Waals surface area contributed by atoms with Gasteiger partial charge < -0.3 is 19.9 Å². The fourth-order valence-electron chi connectivity index (χ4n) is 5.67. The zero-order chi connectivity index (χ0) is 37.8. The molecule has 11 nitrogen and oxygen atoms in total. The van der Waals surface area contributed by atoms with E-state index in [1.165, 1.54) is 10.7 Å². The molecule has 2 unspecified atom stereocenters. The van der Waals surface area contributed by atoms with E-state index in [2.05, 4.69) is 31.5 Å². The second-order valence-electron chi connectivity index (χ2n) is 15.1. The number of alkyl carbamates (subject to hydrolysis) is 1. The molecule has 4 aromatic rings. The number of nitriles is 1. The third kappa shape index (κ3) is 9.56. The van der Waals surface area contributed by atoms with Crippen LogP contribution >= 0.6 is 0 Å². The van der Waals surface area contributed by atoms with E-state index in [0.717, 1.165) is 24.8 Å². The molecule has 1 saturated carbocycles. The van der Waals surface area contributed by atoms with Gasteiger partial charge in [-0.1, -0.05) is 37.1 Å². The van der Waals surface area contributed by atoms with Crippen molar-refractivity contribution >= 4 is 29.0 Å². The lowest BCUT2D eigenvalue weighted by Crippen LogP contribution is -2.52. The van der Waals surface area contributed by atoms with Gasteiger partial charge in [-0.05, 0) is 121 Å². The molecule has 0 saturated heterocycles. The van der Waals surface area contributed by atoms with Crippen LogP contribution in [0.5, 0.6) is 0 Å². The van der Waals surface area contributed by atoms with Gasteiger partial charge in [-0.25, -0.2) is 18.9 Å². The normalized spacial score (nSPS) is 14.9. The molecule has 0 bridgehead atoms. The third-order valence-electron chi connectivity index (χ3n) is 8.51. The van der Waals surface area contributed by atoms with E-state index >= 15 is 4.39 Å². The number of pyridine rings is 1. The summed E-state index contributed by atoms with van der Waals surface area (Å²) in [6, 6.07) is 20.4. The number of nitrogens with one attached hydrogen (secondary N) is 3. The van der Waals surface area contributed by atoms with E-state index in [1.54, 1.807) is 82.3 Å². The van der Waals surface area contributed by atoms with Crippen LogP contribution in [0.2, 0.25) is 0 Å². The lowest BCUT2D eigenvalue weighted by atomic mass is 9.82. The summed E-state index contributed by atoms with van der Waals surface area (Å²) >= 11 is -1.59. The first-order valence-electron chi connectivity index (χ1n) is 17.3. The highest BCUT2D eigenvalue weighted by molar-refractivity contribution is 7.90. The van der Waals surface area contributed by atoms with Gasteiger partial charge >= 0.3 is 6.09 Å². The largest absolute Gasteiger partial charge is 0.598 e. The minimum atomic E-state index is -1.59. The Morgan fingerprint density at radius 1 is 1.06 bits per heavy atom. The molecule has 2 aromatic heterocycles. The summed E-state index contributed by atoms with van der Waals surface area (Å²) in [5.41, 5.74) is 1.35. The zero-order valence-corrected chi connectivity index (χ0v) is 31.5. The standard InChI is InChI=1S/C39H46FN7O4S/c1-25-20-33(47(45-25)30-12-8-10-27(21-30)24-42-36(49)51-37(2,3)4)35(48)44-32-22-28(16-17-31(32)40)39(19-18-26-14-15-26,46-52(50)38(5,6)7)34-13-9-11-29(23-41)43-34/h8-13,16-17,20-22,26,46H,14-15,18-19,24H2,1-7H3,(H,42,49)(H,44,48). The molecule has 13 heteroatoms. The summed E-state index contributed by atoms with van der Waals surface area (Å²) in [7, 11) is 0. The van der Waals surface area contributed by atoms with Crippen molar-refractivity contribution in [3.63, 3.8) is 0 Å². The predicted molar refractivity (Wildman–Crippen MR) is 198 cm³/mol. The van der Waals surface area contributed by atoms with Crippen molar-refractivity contribution in [3.8, 4) is 11.8 Å². The minimum absolute atomic E-state index is 0.0845. The highest BCUT2D eigenvalue weighted by atomic mass is 32.2. The van der Waals surface area contributed by atoms with E-state index in [9.17, 15) is 19.4 Å². The Morgan fingerprint density at radius 3 is 2.46 bits per heavy atom. The van der Waals surface area contributed by atoms with Gasteiger partial charge in [0.05, 0.1) is 22.8 Å². The molecular weight excluding hydrogens is 682 g/mol. The first-order valence-corrected chi connectivity index (χ1v) is 18.4. The highest BCUT2D eigenvalue weighted by Crippen LogP contribution is 2.42. The maximum atomic E-state index is 15.6. The van der Waals surface area contributed by atoms with E-state index in [-0.39, 0.29) is 23.6 Å². The van der Waals surface area contributed by atoms with Crippen LogP contribution in [-0.4, -0.2) is 41.7 Å². The van der Waals surface area contributed by atoms with Gasteiger partial charge in [-0.2, -0.15) is 10.4 Å². The molecular formula is C39H46FN7O4S. The van der Waals surface area contributed by atoms with Crippen LogP contribution in [0.15, 0.2) is 66.7 Å². The van der Waals surface area contributed by atoms with Crippen LogP contribution in [-0.2, 0) is 28.2 Å². The quantitative estimate of drug-likeness (QED) is 0.128. The molecule has 2 amide bonds. The van der Waals surface area contributed by atoms with Crippen LogP contribution in [0.3, 0.4) is 0 Å². The number of hydrogen-bond donors (Lipinski definition) is 3. The predicted octanol–water partition coefficient (Wildman–Crippen LogP) is 7.35. The van der Waals surface area contributed by atoms with E-state index in [1.807, 2.05) is 26.8 Å². The van der Waals surface area contributed by atoms with Gasteiger partial charge in [0.1, 0.15) is 39.2 Å². The van der Waals surface area contributed by atoms with Crippen molar-refractivity contribution in [2.24, 2.45) is 5.92 Å². The fraction of sp³-hybridized carbons (Fsp3) is 0.410. The molecule has 2 heterocycles. The molecule has 52 heavy (non-hydrogen) atoms. The summed E-state index contributed by atoms with van der Waals surface area (Å²) in [4.78, 5) is 30.8. The Balaban J connectivity index is 1.49. The van der Waals surface area contributed by atoms with E-state index in [4.69, 9.17) is 4.74 Å². The Hall–Kier alpha value is -4.77. The maximum absolute atomic E-state index is 15.6. The number of rotatable bonds is 12. The molecule has 1 aliphatic rings. The van der Waals surface area contributed by atoms with Crippen LogP contribution in [0.25, 0.3) is 5.69 Å². The Kier molecular flexibility index (Phi) is 11.4. The number of benzene rings is 2. The summed E-state index contributed by atoms with van der Waals surface area (Å²) in [6.45, 7) is 12.9. The Labute approximate surface area is 307 Å². The van der Waals surface area contributed by atoms with Gasteiger partial charge in [0.2, 0.25) is 0 Å². The molecule has 3 N–H and O–H groups in total. The SMILES string of the molecule is Cc1cc(C(=O)Nc2cc(C(CCC3CC3)(N[S+]([O-])C(C)(C)C)c3cccc(C#N)n3)ccc2F)n(-c2cccc(CNC(=O)OC(C)(C)C)c2)n1. The number of ether oxygens (including phenoxy) is 1. The number of anilines is 1. The summed E-state index contributed by atoms with van der Waals surface area (Å²) < 4.78 is 39.0. The number of aromatic nitrogens is 3. The van der Waals surface area contributed by atoms with Crippen LogP contribution in [0.4, 0.5) is 14.9 Å². The molecule has 1 aliphatic carbocycles. The monoisotopic (exact) mass is 727 g/mol. The average Bonchev–Trinajstić information content (AvgIpc) is 3.83. The smallest absolute Gasteiger partial charge is 0.407 e. The molecule has 1 fully saturated rings. The number of nitrogens with zero attached hydrogens (tertiary/aromatic N) is 4. The molecule has 0 spiro atoms. The second-order valence-corrected chi connectivity index (χ2v) is 17.1. The maximum Gasteiger partial charge on any atom is 0.407 e. The van der Waals surface area contributed by atoms with Crippen molar-refractivity contribution in [3.05, 3.63) is 106 Å². The number of hydrogen-bond acceptors (Lipinski definition) is 8. The van der Waals surface area contributed by atoms with Gasteiger partial charge in [0.15, 0.2) is 0 Å². The summed E-state index contributed by atoms with van der Waals surface area (Å²) in [6.07, 6.45) is 2.89. The number of carbonyl (C=O) groups excluding carboxylic acids is 2. The van der Waals surface area contributed by atoms with Crippen LogP contribution in [0, 0.1) is 30.0 Å². The number of halogens is 1. The molecule has 5 rings (SSSR count). The van der Waals surface area contributed by atoms with Crippen molar-refractivity contribution in [2.45, 2.75) is 96.6 Å². The molecule has 0 radical (unpaired) electrons. The van der Waals surface area contributed by atoms with Crippen molar-refractivity contribution in [2.75, 3.05) is 5.32 Å². The first kappa shape index (κ1) is 38.5. The molecule has 274 valence electrons. The topological polar surface area (TPSA) is 157 Å². The van der Waals surface area contributed by atoms with Crippen molar-refractivity contribution in [1.29, 1.82) is 5.26 Å². The number of amides is 2. The molecule has 0 aliphatic heterocycles. The van der Waals surface area contributed by atoms with Crippen LogP contribution < -0.4 is 15.4 Å². The van der Waals surface area contributed by atoms with Crippen molar-refractivity contribution < 1.29 is 23.3 Å². The first-order chi connectivity index (χ1) is 24.5. The van der Waals surface area contributed by atoms with E-state index in [0.29, 0.717) is 35.0 Å². The zero-order valence-electron chi connectivity index (χ0n) is 30.7. The fourth-order valence-corrected chi connectivity index (χ4v) is 6.62. The Bertz CT molecular complexity index is 1980.